The molecular formula is C11H14N4OS. The normalized spacial score (nSPS) is 10.5. The highest BCUT2D eigenvalue weighted by Gasteiger charge is 2.11. The van der Waals surface area contributed by atoms with Crippen LogP contribution in [0.15, 0.2) is 18.5 Å². The maximum atomic E-state index is 5.25. The van der Waals surface area contributed by atoms with Crippen molar-refractivity contribution in [1.29, 1.82) is 0 Å². The molecule has 0 radical (unpaired) electrons. The van der Waals surface area contributed by atoms with Gasteiger partial charge in [0.15, 0.2) is 5.01 Å². The fourth-order valence-corrected chi connectivity index (χ4v) is 2.28. The Kier molecular flexibility index (Phi) is 4.00. The molecule has 17 heavy (non-hydrogen) atoms. The molecule has 0 unspecified atom stereocenters. The van der Waals surface area contributed by atoms with Gasteiger partial charge in [-0.1, -0.05) is 11.3 Å². The van der Waals surface area contributed by atoms with Crippen molar-refractivity contribution in [3.8, 4) is 16.3 Å². The van der Waals surface area contributed by atoms with Crippen molar-refractivity contribution in [2.75, 3.05) is 20.7 Å². The third kappa shape index (κ3) is 2.78. The first-order chi connectivity index (χ1) is 8.35. The van der Waals surface area contributed by atoms with Gasteiger partial charge in [-0.05, 0) is 13.1 Å². The van der Waals surface area contributed by atoms with Gasteiger partial charge in [0, 0.05) is 19.2 Å². The Morgan fingerprint density at radius 2 is 2.29 bits per heavy atom. The lowest BCUT2D eigenvalue weighted by Crippen LogP contribution is -2.09. The predicted octanol–water partition coefficient (Wildman–Crippen LogP) is 1.37. The molecule has 0 spiro atoms. The second-order valence-electron chi connectivity index (χ2n) is 3.43. The largest absolute Gasteiger partial charge is 0.494 e. The highest BCUT2D eigenvalue weighted by molar-refractivity contribution is 7.14. The molecule has 0 aliphatic heterocycles. The van der Waals surface area contributed by atoms with E-state index in [2.05, 4.69) is 20.5 Å². The Morgan fingerprint density at radius 1 is 1.41 bits per heavy atom. The number of hydrogen-bond donors (Lipinski definition) is 1. The first-order valence-electron chi connectivity index (χ1n) is 5.30. The lowest BCUT2D eigenvalue weighted by molar-refractivity contribution is 0.414. The second kappa shape index (κ2) is 5.70. The molecular weight excluding hydrogens is 236 g/mol. The van der Waals surface area contributed by atoms with Crippen LogP contribution in [0.25, 0.3) is 10.6 Å². The molecule has 0 atom stereocenters. The van der Waals surface area contributed by atoms with E-state index in [4.69, 9.17) is 4.74 Å². The van der Waals surface area contributed by atoms with E-state index in [0.717, 1.165) is 34.3 Å². The van der Waals surface area contributed by atoms with Gasteiger partial charge in [0.05, 0.1) is 18.9 Å². The van der Waals surface area contributed by atoms with Gasteiger partial charge < -0.3 is 10.1 Å². The van der Waals surface area contributed by atoms with Crippen molar-refractivity contribution in [3.63, 3.8) is 0 Å². The number of rotatable bonds is 5. The Morgan fingerprint density at radius 3 is 3.06 bits per heavy atom. The fourth-order valence-electron chi connectivity index (χ4n) is 1.41. The van der Waals surface area contributed by atoms with E-state index < -0.39 is 0 Å². The standard InChI is InChI=1S/C11H14N4OS/c1-12-5-4-10-14-15-11(17-10)8-3-6-13-7-9(8)16-2/h3,6-7,12H,4-5H2,1-2H3. The van der Waals surface area contributed by atoms with E-state index in [1.54, 1.807) is 30.8 Å². The summed E-state index contributed by atoms with van der Waals surface area (Å²) in [6.07, 6.45) is 4.30. The summed E-state index contributed by atoms with van der Waals surface area (Å²) in [5.74, 6) is 0.726. The maximum absolute atomic E-state index is 5.25. The van der Waals surface area contributed by atoms with Crippen LogP contribution in [0, 0.1) is 0 Å². The summed E-state index contributed by atoms with van der Waals surface area (Å²) in [7, 11) is 3.55. The zero-order valence-electron chi connectivity index (χ0n) is 9.80. The van der Waals surface area contributed by atoms with Crippen LogP contribution in [0.4, 0.5) is 0 Å². The number of aromatic nitrogens is 3. The second-order valence-corrected chi connectivity index (χ2v) is 4.49. The Balaban J connectivity index is 2.24. The minimum absolute atomic E-state index is 0.726. The van der Waals surface area contributed by atoms with Crippen LogP contribution >= 0.6 is 11.3 Å². The Labute approximate surface area is 104 Å². The molecule has 0 aliphatic carbocycles. The van der Waals surface area contributed by atoms with Gasteiger partial charge in [-0.3, -0.25) is 4.98 Å². The molecule has 0 aromatic carbocycles. The summed E-state index contributed by atoms with van der Waals surface area (Å²) in [5, 5.41) is 13.3. The SMILES string of the molecule is CNCCc1nnc(-c2ccncc2OC)s1. The molecule has 0 saturated heterocycles. The molecule has 2 aromatic heterocycles. The quantitative estimate of drug-likeness (QED) is 0.868. The Hall–Kier alpha value is -1.53. The minimum Gasteiger partial charge on any atom is -0.494 e. The van der Waals surface area contributed by atoms with Crippen LogP contribution in [-0.2, 0) is 6.42 Å². The van der Waals surface area contributed by atoms with Crippen LogP contribution in [0.5, 0.6) is 5.75 Å². The number of likely N-dealkylation sites (N-methyl/N-ethyl adjacent to an activating group) is 1. The number of nitrogens with zero attached hydrogens (tertiary/aromatic N) is 3. The van der Waals surface area contributed by atoms with E-state index in [1.165, 1.54) is 0 Å². The number of nitrogens with one attached hydrogen (secondary N) is 1. The molecule has 1 N–H and O–H groups in total. The monoisotopic (exact) mass is 250 g/mol. The third-order valence-corrected chi connectivity index (χ3v) is 3.31. The lowest BCUT2D eigenvalue weighted by Gasteiger charge is -2.02. The van der Waals surface area contributed by atoms with Gasteiger partial charge in [-0.25, -0.2) is 0 Å². The van der Waals surface area contributed by atoms with Crippen LogP contribution < -0.4 is 10.1 Å². The number of pyridine rings is 1. The van der Waals surface area contributed by atoms with Gasteiger partial charge in [0.1, 0.15) is 10.8 Å². The first kappa shape index (κ1) is 11.9. The number of ether oxygens (including phenoxy) is 1. The Bertz CT molecular complexity index is 486. The summed E-state index contributed by atoms with van der Waals surface area (Å²) in [4.78, 5) is 4.02. The molecule has 0 aliphatic rings. The molecule has 0 saturated carbocycles. The molecule has 2 rings (SSSR count). The van der Waals surface area contributed by atoms with E-state index in [9.17, 15) is 0 Å². The minimum atomic E-state index is 0.726. The summed E-state index contributed by atoms with van der Waals surface area (Å²) in [6.45, 7) is 0.905. The van der Waals surface area contributed by atoms with Gasteiger partial charge in [0.25, 0.3) is 0 Å². The molecule has 0 fully saturated rings. The van der Waals surface area contributed by atoms with Crippen LogP contribution in [0.1, 0.15) is 5.01 Å². The van der Waals surface area contributed by atoms with E-state index in [-0.39, 0.29) is 0 Å². The van der Waals surface area contributed by atoms with Crippen molar-refractivity contribution in [1.82, 2.24) is 20.5 Å². The van der Waals surface area contributed by atoms with Crippen molar-refractivity contribution in [2.45, 2.75) is 6.42 Å². The van der Waals surface area contributed by atoms with Gasteiger partial charge in [-0.2, -0.15) is 0 Å². The number of hydrogen-bond acceptors (Lipinski definition) is 6. The van der Waals surface area contributed by atoms with Crippen LogP contribution in [0.2, 0.25) is 0 Å². The molecule has 6 heteroatoms. The van der Waals surface area contributed by atoms with Crippen molar-refractivity contribution in [3.05, 3.63) is 23.5 Å². The molecule has 2 aromatic rings. The van der Waals surface area contributed by atoms with E-state index in [0.29, 0.717) is 0 Å². The van der Waals surface area contributed by atoms with E-state index in [1.807, 2.05) is 13.1 Å². The zero-order chi connectivity index (χ0) is 12.1. The van der Waals surface area contributed by atoms with E-state index >= 15 is 0 Å². The average Bonchev–Trinajstić information content (AvgIpc) is 2.85. The molecule has 0 bridgehead atoms. The molecule has 90 valence electrons. The average molecular weight is 250 g/mol. The summed E-state index contributed by atoms with van der Waals surface area (Å²) in [5.41, 5.74) is 0.940. The van der Waals surface area contributed by atoms with Gasteiger partial charge >= 0.3 is 0 Å². The van der Waals surface area contributed by atoms with Crippen LogP contribution in [0.3, 0.4) is 0 Å². The maximum Gasteiger partial charge on any atom is 0.151 e. The summed E-state index contributed by atoms with van der Waals surface area (Å²) < 4.78 is 5.25. The highest BCUT2D eigenvalue weighted by Crippen LogP contribution is 2.30. The highest BCUT2D eigenvalue weighted by atomic mass is 32.1. The summed E-state index contributed by atoms with van der Waals surface area (Å²) in [6, 6.07) is 1.89. The molecule has 2 heterocycles. The molecule has 5 nitrogen and oxygen atoms in total. The summed E-state index contributed by atoms with van der Waals surface area (Å²) >= 11 is 1.59. The third-order valence-electron chi connectivity index (χ3n) is 2.29. The van der Waals surface area contributed by atoms with Crippen molar-refractivity contribution < 1.29 is 4.74 Å². The van der Waals surface area contributed by atoms with Crippen molar-refractivity contribution >= 4 is 11.3 Å². The van der Waals surface area contributed by atoms with Gasteiger partial charge in [0.2, 0.25) is 0 Å². The fraction of sp³-hybridized carbons (Fsp3) is 0.364. The van der Waals surface area contributed by atoms with Crippen LogP contribution in [-0.4, -0.2) is 35.9 Å². The number of methoxy groups -OCH3 is 1. The topological polar surface area (TPSA) is 59.9 Å². The molecule has 0 amide bonds. The predicted molar refractivity (Wildman–Crippen MR) is 67.3 cm³/mol. The van der Waals surface area contributed by atoms with Crippen molar-refractivity contribution in [2.24, 2.45) is 0 Å². The lowest BCUT2D eigenvalue weighted by atomic mass is 10.2. The first-order valence-corrected chi connectivity index (χ1v) is 6.12. The zero-order valence-corrected chi connectivity index (χ0v) is 10.6. The van der Waals surface area contributed by atoms with Gasteiger partial charge in [-0.15, -0.1) is 10.2 Å². The smallest absolute Gasteiger partial charge is 0.151 e.